The van der Waals surface area contributed by atoms with E-state index in [1.54, 1.807) is 0 Å². The molecule has 0 nitrogen and oxygen atoms in total. The van der Waals surface area contributed by atoms with Crippen molar-refractivity contribution < 1.29 is 0 Å². The molecule has 0 saturated heterocycles. The molecule has 0 bridgehead atoms. The highest BCUT2D eigenvalue weighted by Gasteiger charge is 2.51. The number of rotatable bonds is 1. The summed E-state index contributed by atoms with van der Waals surface area (Å²) in [6.07, 6.45) is 0. The van der Waals surface area contributed by atoms with Crippen molar-refractivity contribution >= 4 is 10.8 Å². The third-order valence-electron chi connectivity index (χ3n) is 13.7. The number of hydrogen-bond acceptors (Lipinski definition) is 0. The molecule has 0 unspecified atom stereocenters. The van der Waals surface area contributed by atoms with Crippen molar-refractivity contribution in [1.29, 1.82) is 0 Å². The molecule has 250 valence electrons. The Balaban J connectivity index is 1.12. The van der Waals surface area contributed by atoms with Crippen LogP contribution in [0.3, 0.4) is 0 Å². The van der Waals surface area contributed by atoms with E-state index in [-0.39, 0.29) is 16.2 Å². The van der Waals surface area contributed by atoms with Gasteiger partial charge in [0.1, 0.15) is 0 Å². The molecular formula is C53H38. The molecule has 0 amide bonds. The fraction of sp³-hybridized carbons (Fsp3) is 0.132. The van der Waals surface area contributed by atoms with Crippen LogP contribution in [0.2, 0.25) is 0 Å². The minimum Gasteiger partial charge on any atom is -0.0619 e. The Bertz CT molecular complexity index is 2880. The number of fused-ring (bicyclic) bond motifs is 18. The topological polar surface area (TPSA) is 0 Å². The summed E-state index contributed by atoms with van der Waals surface area (Å²) in [7, 11) is 0. The molecule has 0 aliphatic heterocycles. The third-order valence-corrected chi connectivity index (χ3v) is 13.7. The van der Waals surface area contributed by atoms with Crippen molar-refractivity contribution in [3.8, 4) is 55.6 Å². The second kappa shape index (κ2) is 9.71. The van der Waals surface area contributed by atoms with E-state index in [4.69, 9.17) is 0 Å². The first-order chi connectivity index (χ1) is 25.8. The van der Waals surface area contributed by atoms with Crippen molar-refractivity contribution in [2.75, 3.05) is 0 Å². The van der Waals surface area contributed by atoms with Crippen molar-refractivity contribution in [2.24, 2.45) is 0 Å². The van der Waals surface area contributed by atoms with Crippen molar-refractivity contribution in [3.05, 3.63) is 202 Å². The Morgan fingerprint density at radius 2 is 0.717 bits per heavy atom. The fourth-order valence-corrected chi connectivity index (χ4v) is 11.3. The summed E-state index contributed by atoms with van der Waals surface area (Å²) in [5.74, 6) is 0. The minimum absolute atomic E-state index is 0.0426. The predicted molar refractivity (Wildman–Crippen MR) is 221 cm³/mol. The zero-order valence-corrected chi connectivity index (χ0v) is 30.5. The summed E-state index contributed by atoms with van der Waals surface area (Å²) in [5.41, 5.74) is 24.3. The van der Waals surface area contributed by atoms with Crippen molar-refractivity contribution in [1.82, 2.24) is 0 Å². The van der Waals surface area contributed by atoms with Gasteiger partial charge in [0.05, 0.1) is 5.41 Å². The largest absolute Gasteiger partial charge is 0.0725 e. The van der Waals surface area contributed by atoms with Crippen LogP contribution in [-0.4, -0.2) is 0 Å². The van der Waals surface area contributed by atoms with Gasteiger partial charge in [0.25, 0.3) is 0 Å². The van der Waals surface area contributed by atoms with Crippen LogP contribution in [0.25, 0.3) is 66.4 Å². The molecule has 0 N–H and O–H groups in total. The zero-order chi connectivity index (χ0) is 35.4. The lowest BCUT2D eigenvalue weighted by molar-refractivity contribution is 0.652. The molecule has 1 spiro atoms. The summed E-state index contributed by atoms with van der Waals surface area (Å²) >= 11 is 0. The molecule has 12 rings (SSSR count). The normalized spacial score (nSPS) is 16.4. The van der Waals surface area contributed by atoms with Crippen molar-refractivity contribution in [2.45, 2.75) is 43.9 Å². The molecule has 8 aromatic carbocycles. The lowest BCUT2D eigenvalue weighted by Gasteiger charge is -2.31. The van der Waals surface area contributed by atoms with Gasteiger partial charge in [0.15, 0.2) is 0 Å². The van der Waals surface area contributed by atoms with Crippen LogP contribution in [0.5, 0.6) is 0 Å². The Kier molecular flexibility index (Phi) is 5.42. The first kappa shape index (κ1) is 29.6. The average molecular weight is 675 g/mol. The van der Waals surface area contributed by atoms with Crippen LogP contribution >= 0.6 is 0 Å². The smallest absolute Gasteiger partial charge is 0.0619 e. The van der Waals surface area contributed by atoms with Crippen LogP contribution < -0.4 is 0 Å². The Hall–Kier alpha value is -5.98. The second-order valence-electron chi connectivity index (χ2n) is 16.8. The molecule has 8 aromatic rings. The third kappa shape index (κ3) is 3.40. The van der Waals surface area contributed by atoms with E-state index in [1.807, 2.05) is 0 Å². The van der Waals surface area contributed by atoms with Gasteiger partial charge in [0.2, 0.25) is 0 Å². The molecule has 4 aliphatic carbocycles. The van der Waals surface area contributed by atoms with Gasteiger partial charge in [-0.15, -0.1) is 0 Å². The lowest BCUT2D eigenvalue weighted by atomic mass is 9.70. The van der Waals surface area contributed by atoms with E-state index in [2.05, 4.69) is 185 Å². The van der Waals surface area contributed by atoms with Gasteiger partial charge in [-0.25, -0.2) is 0 Å². The van der Waals surface area contributed by atoms with Gasteiger partial charge >= 0.3 is 0 Å². The maximum atomic E-state index is 2.55. The minimum atomic E-state index is -0.360. The summed E-state index contributed by atoms with van der Waals surface area (Å²) in [6.45, 7) is 9.67. The van der Waals surface area contributed by atoms with Gasteiger partial charge in [-0.2, -0.15) is 0 Å². The van der Waals surface area contributed by atoms with Gasteiger partial charge in [-0.1, -0.05) is 161 Å². The molecule has 0 fully saturated rings. The molecule has 0 heteroatoms. The summed E-state index contributed by atoms with van der Waals surface area (Å²) in [6, 6.07) is 60.5. The number of benzene rings is 8. The van der Waals surface area contributed by atoms with Crippen molar-refractivity contribution in [3.63, 3.8) is 0 Å². The average Bonchev–Trinajstić information content (AvgIpc) is 3.82. The van der Waals surface area contributed by atoms with E-state index in [9.17, 15) is 0 Å². The predicted octanol–water partition coefficient (Wildman–Crippen LogP) is 13.5. The van der Waals surface area contributed by atoms with E-state index >= 15 is 0 Å². The van der Waals surface area contributed by atoms with Gasteiger partial charge < -0.3 is 0 Å². The highest BCUT2D eigenvalue weighted by Crippen LogP contribution is 2.64. The Morgan fingerprint density at radius 3 is 1.34 bits per heavy atom. The molecule has 0 atom stereocenters. The molecule has 0 heterocycles. The van der Waals surface area contributed by atoms with Gasteiger partial charge in [0, 0.05) is 10.8 Å². The standard InChI is InChI=1S/C53H38/c1-51(2)42-21-11-7-19-36(42)40-29-47-41(30-46(40)51)50-38-20-6-5-15-32(38)39(28-49(50)52(47,3)4)31-25-26-37-35-18-10-14-24-45(35)53(48(37)27-31)43-22-12-8-16-33(43)34-17-9-13-23-44(34)53/h5-30H,1-4H3. The van der Waals surface area contributed by atoms with Crippen LogP contribution in [-0.2, 0) is 16.2 Å². The quantitative estimate of drug-likeness (QED) is 0.163. The summed E-state index contributed by atoms with van der Waals surface area (Å²) < 4.78 is 0. The van der Waals surface area contributed by atoms with Crippen LogP contribution in [0.1, 0.15) is 72.2 Å². The molecule has 0 aromatic heterocycles. The first-order valence-electron chi connectivity index (χ1n) is 19.1. The van der Waals surface area contributed by atoms with Crippen LogP contribution in [0.15, 0.2) is 158 Å². The van der Waals surface area contributed by atoms with Gasteiger partial charge in [-0.3, -0.25) is 0 Å². The highest BCUT2D eigenvalue weighted by atomic mass is 14.5. The van der Waals surface area contributed by atoms with E-state index in [0.29, 0.717) is 0 Å². The van der Waals surface area contributed by atoms with E-state index in [0.717, 1.165) is 0 Å². The second-order valence-corrected chi connectivity index (χ2v) is 16.8. The monoisotopic (exact) mass is 674 g/mol. The molecule has 0 saturated carbocycles. The Morgan fingerprint density at radius 1 is 0.283 bits per heavy atom. The maximum absolute atomic E-state index is 2.55. The van der Waals surface area contributed by atoms with Crippen LogP contribution in [0, 0.1) is 0 Å². The Labute approximate surface area is 311 Å². The molecule has 0 radical (unpaired) electrons. The zero-order valence-electron chi connectivity index (χ0n) is 30.5. The number of hydrogen-bond donors (Lipinski definition) is 0. The lowest BCUT2D eigenvalue weighted by Crippen LogP contribution is -2.25. The maximum Gasteiger partial charge on any atom is 0.0725 e. The fourth-order valence-electron chi connectivity index (χ4n) is 11.3. The van der Waals surface area contributed by atoms with E-state index in [1.165, 1.54) is 111 Å². The molecular weight excluding hydrogens is 637 g/mol. The van der Waals surface area contributed by atoms with Gasteiger partial charge in [-0.05, 0) is 135 Å². The van der Waals surface area contributed by atoms with Crippen LogP contribution in [0.4, 0.5) is 0 Å². The first-order valence-corrected chi connectivity index (χ1v) is 19.1. The summed E-state index contributed by atoms with van der Waals surface area (Å²) in [5, 5.41) is 2.66. The SMILES string of the molecule is CC1(C)c2ccccc2-c2cc3c(cc21)-c1c(cc(-c2ccc4c(c2)C2(c5ccccc5-c5ccccc52)c2ccccc2-4)c2ccccc12)C3(C)C. The van der Waals surface area contributed by atoms with E-state index < -0.39 is 0 Å². The summed E-state index contributed by atoms with van der Waals surface area (Å²) in [4.78, 5) is 0. The molecule has 4 aliphatic rings. The molecule has 53 heavy (non-hydrogen) atoms. The highest BCUT2D eigenvalue weighted by molar-refractivity contribution is 6.10.